The summed E-state index contributed by atoms with van der Waals surface area (Å²) in [7, 11) is 1.62. The molecule has 0 radical (unpaired) electrons. The normalized spacial score (nSPS) is 11.8. The van der Waals surface area contributed by atoms with Crippen LogP contribution in [-0.4, -0.2) is 32.8 Å². The number of methoxy groups -OCH3 is 1. The van der Waals surface area contributed by atoms with E-state index in [4.69, 9.17) is 15.7 Å². The van der Waals surface area contributed by atoms with E-state index in [0.29, 0.717) is 16.9 Å². The molecular weight excluding hydrogens is 282 g/mol. The van der Waals surface area contributed by atoms with E-state index >= 15 is 0 Å². The predicted octanol–water partition coefficient (Wildman–Crippen LogP) is 1.81. The van der Waals surface area contributed by atoms with E-state index in [1.807, 2.05) is 30.3 Å². The molecule has 0 amide bonds. The van der Waals surface area contributed by atoms with Crippen LogP contribution >= 0.6 is 0 Å². The van der Waals surface area contributed by atoms with E-state index in [9.17, 15) is 0 Å². The number of aryl methyl sites for hydroxylation is 1. The van der Waals surface area contributed by atoms with Crippen LogP contribution in [0.15, 0.2) is 41.7 Å². The number of hydrogen-bond acceptors (Lipinski definition) is 5. The third kappa shape index (κ3) is 2.12. The summed E-state index contributed by atoms with van der Waals surface area (Å²) in [6.45, 7) is 1.79. The van der Waals surface area contributed by atoms with Crippen LogP contribution in [0.5, 0.6) is 5.75 Å². The standard InChI is InChI=1S/C15H15N5O2/c1-9-13(14(16)19-21)15-17-8-7-12(20(15)18-9)10-3-5-11(22-2)6-4-10/h3-8,21H,1-2H3,(H2,16,19). The van der Waals surface area contributed by atoms with Crippen molar-refractivity contribution >= 4 is 11.5 Å². The van der Waals surface area contributed by atoms with Crippen LogP contribution in [0, 0.1) is 6.92 Å². The average molecular weight is 297 g/mol. The topological polar surface area (TPSA) is 98.0 Å². The molecular formula is C15H15N5O2. The lowest BCUT2D eigenvalue weighted by atomic mass is 10.1. The molecule has 0 aliphatic carbocycles. The maximum Gasteiger partial charge on any atom is 0.175 e. The second-order valence-corrected chi connectivity index (χ2v) is 4.74. The Labute approximate surface area is 126 Å². The molecule has 0 spiro atoms. The second-order valence-electron chi connectivity index (χ2n) is 4.74. The molecule has 0 saturated carbocycles. The van der Waals surface area contributed by atoms with Crippen molar-refractivity contribution in [3.05, 3.63) is 47.8 Å². The van der Waals surface area contributed by atoms with Gasteiger partial charge in [0.2, 0.25) is 0 Å². The highest BCUT2D eigenvalue weighted by Gasteiger charge is 2.17. The van der Waals surface area contributed by atoms with E-state index < -0.39 is 0 Å². The maximum atomic E-state index is 8.92. The Bertz CT molecular complexity index is 852. The summed E-state index contributed by atoms with van der Waals surface area (Å²) < 4.78 is 6.85. The number of amidine groups is 1. The first-order valence-electron chi connectivity index (χ1n) is 6.62. The molecule has 112 valence electrons. The quantitative estimate of drug-likeness (QED) is 0.332. The molecule has 3 N–H and O–H groups in total. The predicted molar refractivity (Wildman–Crippen MR) is 82.2 cm³/mol. The zero-order chi connectivity index (χ0) is 15.7. The minimum absolute atomic E-state index is 0.00752. The van der Waals surface area contributed by atoms with Gasteiger partial charge in [0.15, 0.2) is 11.5 Å². The summed E-state index contributed by atoms with van der Waals surface area (Å²) in [5, 5.41) is 16.4. The fourth-order valence-corrected chi connectivity index (χ4v) is 2.38. The fraction of sp³-hybridized carbons (Fsp3) is 0.133. The fourth-order valence-electron chi connectivity index (χ4n) is 2.38. The van der Waals surface area contributed by atoms with E-state index in [0.717, 1.165) is 17.0 Å². The Morgan fingerprint density at radius 2 is 2.00 bits per heavy atom. The number of aromatic nitrogens is 3. The third-order valence-electron chi connectivity index (χ3n) is 3.44. The number of fused-ring (bicyclic) bond motifs is 1. The Kier molecular flexibility index (Phi) is 3.38. The molecule has 1 aromatic carbocycles. The summed E-state index contributed by atoms with van der Waals surface area (Å²) in [6, 6.07) is 9.49. The molecule has 22 heavy (non-hydrogen) atoms. The summed E-state index contributed by atoms with van der Waals surface area (Å²) >= 11 is 0. The van der Waals surface area contributed by atoms with E-state index in [1.165, 1.54) is 0 Å². The smallest absolute Gasteiger partial charge is 0.175 e. The van der Waals surface area contributed by atoms with Crippen LogP contribution in [0.2, 0.25) is 0 Å². The van der Waals surface area contributed by atoms with E-state index in [1.54, 1.807) is 24.7 Å². The largest absolute Gasteiger partial charge is 0.497 e. The van der Waals surface area contributed by atoms with Gasteiger partial charge in [-0.25, -0.2) is 9.50 Å². The van der Waals surface area contributed by atoms with Crippen molar-refractivity contribution < 1.29 is 9.94 Å². The molecule has 0 aliphatic heterocycles. The minimum Gasteiger partial charge on any atom is -0.497 e. The maximum absolute atomic E-state index is 8.92. The van der Waals surface area contributed by atoms with Crippen molar-refractivity contribution in [2.24, 2.45) is 10.9 Å². The van der Waals surface area contributed by atoms with E-state index in [-0.39, 0.29) is 5.84 Å². The molecule has 2 heterocycles. The number of rotatable bonds is 3. The Morgan fingerprint density at radius 1 is 1.27 bits per heavy atom. The van der Waals surface area contributed by atoms with Gasteiger partial charge < -0.3 is 15.7 Å². The molecule has 0 unspecified atom stereocenters. The number of nitrogens with two attached hydrogens (primary N) is 1. The number of oxime groups is 1. The van der Waals surface area contributed by atoms with Gasteiger partial charge in [-0.3, -0.25) is 0 Å². The van der Waals surface area contributed by atoms with Gasteiger partial charge in [0.1, 0.15) is 5.75 Å². The van der Waals surface area contributed by atoms with Crippen LogP contribution in [0.1, 0.15) is 11.3 Å². The van der Waals surface area contributed by atoms with Crippen molar-refractivity contribution in [3.8, 4) is 17.0 Å². The molecule has 0 atom stereocenters. The van der Waals surface area contributed by atoms with Crippen molar-refractivity contribution in [2.45, 2.75) is 6.92 Å². The van der Waals surface area contributed by atoms with Crippen LogP contribution in [-0.2, 0) is 0 Å². The van der Waals surface area contributed by atoms with Gasteiger partial charge in [-0.2, -0.15) is 5.10 Å². The van der Waals surface area contributed by atoms with Gasteiger partial charge in [-0.05, 0) is 37.3 Å². The van der Waals surface area contributed by atoms with E-state index in [2.05, 4.69) is 15.2 Å². The highest BCUT2D eigenvalue weighted by atomic mass is 16.5. The molecule has 0 fully saturated rings. The lowest BCUT2D eigenvalue weighted by Gasteiger charge is -2.06. The molecule has 3 rings (SSSR count). The van der Waals surface area contributed by atoms with Gasteiger partial charge in [0.05, 0.1) is 24.1 Å². The van der Waals surface area contributed by atoms with Gasteiger partial charge >= 0.3 is 0 Å². The molecule has 0 bridgehead atoms. The Hall–Kier alpha value is -3.09. The summed E-state index contributed by atoms with van der Waals surface area (Å²) in [4.78, 5) is 4.29. The number of hydrogen-bond donors (Lipinski definition) is 2. The molecule has 7 nitrogen and oxygen atoms in total. The summed E-state index contributed by atoms with van der Waals surface area (Å²) in [6.07, 6.45) is 1.67. The van der Waals surface area contributed by atoms with Crippen molar-refractivity contribution in [2.75, 3.05) is 7.11 Å². The van der Waals surface area contributed by atoms with Gasteiger partial charge in [-0.1, -0.05) is 5.16 Å². The monoisotopic (exact) mass is 297 g/mol. The van der Waals surface area contributed by atoms with Crippen LogP contribution in [0.3, 0.4) is 0 Å². The highest BCUT2D eigenvalue weighted by Crippen LogP contribution is 2.24. The molecule has 0 aliphatic rings. The van der Waals surface area contributed by atoms with Crippen LogP contribution in [0.4, 0.5) is 0 Å². The summed E-state index contributed by atoms with van der Waals surface area (Å²) in [5.41, 5.74) is 9.25. The SMILES string of the molecule is COc1ccc(-c2ccnc3c(/C(N)=N/O)c(C)nn23)cc1. The average Bonchev–Trinajstić information content (AvgIpc) is 2.90. The molecule has 3 aromatic rings. The molecule has 0 saturated heterocycles. The van der Waals surface area contributed by atoms with Gasteiger partial charge in [0, 0.05) is 11.8 Å². The zero-order valence-corrected chi connectivity index (χ0v) is 12.2. The van der Waals surface area contributed by atoms with Crippen molar-refractivity contribution in [3.63, 3.8) is 0 Å². The van der Waals surface area contributed by atoms with Crippen molar-refractivity contribution in [1.82, 2.24) is 14.6 Å². The lowest BCUT2D eigenvalue weighted by Crippen LogP contribution is -2.14. The van der Waals surface area contributed by atoms with Crippen molar-refractivity contribution in [1.29, 1.82) is 0 Å². The van der Waals surface area contributed by atoms with Gasteiger partial charge in [0.25, 0.3) is 0 Å². The highest BCUT2D eigenvalue weighted by molar-refractivity contribution is 6.03. The number of benzene rings is 1. The lowest BCUT2D eigenvalue weighted by molar-refractivity contribution is 0.318. The minimum atomic E-state index is -0.00752. The second kappa shape index (κ2) is 5.36. The molecule has 7 heteroatoms. The van der Waals surface area contributed by atoms with Gasteiger partial charge in [-0.15, -0.1) is 0 Å². The number of nitrogens with zero attached hydrogens (tertiary/aromatic N) is 4. The first-order chi connectivity index (χ1) is 10.7. The third-order valence-corrected chi connectivity index (χ3v) is 3.44. The zero-order valence-electron chi connectivity index (χ0n) is 12.2. The first-order valence-corrected chi connectivity index (χ1v) is 6.62. The Balaban J connectivity index is 2.23. The summed E-state index contributed by atoms with van der Waals surface area (Å²) in [5.74, 6) is 0.773. The molecule has 2 aromatic heterocycles. The Morgan fingerprint density at radius 3 is 2.64 bits per heavy atom. The first kappa shape index (κ1) is 13.9. The number of ether oxygens (including phenoxy) is 1. The van der Waals surface area contributed by atoms with Crippen LogP contribution < -0.4 is 10.5 Å². The van der Waals surface area contributed by atoms with Crippen LogP contribution in [0.25, 0.3) is 16.9 Å².